The van der Waals surface area contributed by atoms with Crippen LogP contribution in [0.3, 0.4) is 0 Å². The molecule has 1 amide bonds. The second-order valence-corrected chi connectivity index (χ2v) is 7.09. The van der Waals surface area contributed by atoms with Gasteiger partial charge in [-0.15, -0.1) is 0 Å². The highest BCUT2D eigenvalue weighted by Crippen LogP contribution is 2.16. The van der Waals surface area contributed by atoms with Gasteiger partial charge in [-0.2, -0.15) is 5.10 Å². The zero-order valence-electron chi connectivity index (χ0n) is 14.1. The number of carbonyl (C=O) groups excluding carboxylic acids is 1. The molecule has 5 heteroatoms. The maximum Gasteiger partial charge on any atom is 0.259 e. The average Bonchev–Trinajstić information content (AvgIpc) is 2.56. The maximum atomic E-state index is 11.8. The van der Waals surface area contributed by atoms with Crippen LogP contribution >= 0.6 is 22.6 Å². The fourth-order valence-corrected chi connectivity index (χ4v) is 2.46. The highest BCUT2D eigenvalue weighted by Gasteiger charge is 2.01. The Labute approximate surface area is 156 Å². The van der Waals surface area contributed by atoms with Crippen LogP contribution in [-0.2, 0) is 4.79 Å². The van der Waals surface area contributed by atoms with Gasteiger partial charge in [0.1, 0.15) is 0 Å². The van der Waals surface area contributed by atoms with Gasteiger partial charge in [0.05, 0.1) is 12.8 Å². The molecule has 2 N–H and O–H groups in total. The van der Waals surface area contributed by atoms with E-state index in [2.05, 4.69) is 64.4 Å². The lowest BCUT2D eigenvalue weighted by Gasteiger charge is -2.07. The van der Waals surface area contributed by atoms with Gasteiger partial charge in [-0.25, -0.2) is 5.43 Å². The Morgan fingerprint density at radius 1 is 1.21 bits per heavy atom. The summed E-state index contributed by atoms with van der Waals surface area (Å²) in [5, 5.41) is 7.09. The summed E-state index contributed by atoms with van der Waals surface area (Å²) in [7, 11) is 0. The molecule has 0 saturated heterocycles. The van der Waals surface area contributed by atoms with E-state index in [1.54, 1.807) is 6.21 Å². The van der Waals surface area contributed by atoms with E-state index >= 15 is 0 Å². The Morgan fingerprint density at radius 2 is 1.92 bits per heavy atom. The predicted octanol–water partition coefficient (Wildman–Crippen LogP) is 4.29. The minimum Gasteiger partial charge on any atom is -0.376 e. The van der Waals surface area contributed by atoms with Crippen molar-refractivity contribution in [1.29, 1.82) is 0 Å². The van der Waals surface area contributed by atoms with Gasteiger partial charge in [-0.05, 0) is 70.3 Å². The van der Waals surface area contributed by atoms with Crippen LogP contribution in [0.15, 0.2) is 47.6 Å². The molecule has 0 saturated carbocycles. The molecule has 2 aromatic rings. The topological polar surface area (TPSA) is 53.5 Å². The fourth-order valence-electron chi connectivity index (χ4n) is 2.12. The van der Waals surface area contributed by atoms with Crippen LogP contribution in [0.1, 0.15) is 36.5 Å². The molecule has 0 bridgehead atoms. The number of carbonyl (C=O) groups is 1. The molecule has 0 aliphatic heterocycles. The Balaban J connectivity index is 1.80. The summed E-state index contributed by atoms with van der Waals surface area (Å²) in [5.74, 6) is 0.327. The standard InChI is InChI=1S/C19H22IN3O/c1-13(2)16-6-4-15(5-7-16)11-22-23-19(24)12-21-17-8-9-18(20)14(3)10-17/h4-11,13,21H,12H2,1-3H3,(H,23,24). The highest BCUT2D eigenvalue weighted by atomic mass is 127. The van der Waals surface area contributed by atoms with Gasteiger partial charge in [0.15, 0.2) is 0 Å². The monoisotopic (exact) mass is 435 g/mol. The first-order chi connectivity index (χ1) is 11.5. The Bertz CT molecular complexity index is 724. The van der Waals surface area contributed by atoms with E-state index in [-0.39, 0.29) is 12.5 Å². The van der Waals surface area contributed by atoms with Crippen LogP contribution in [0.4, 0.5) is 5.69 Å². The van der Waals surface area contributed by atoms with Crippen LogP contribution in [0.2, 0.25) is 0 Å². The predicted molar refractivity (Wildman–Crippen MR) is 109 cm³/mol. The highest BCUT2D eigenvalue weighted by molar-refractivity contribution is 14.1. The summed E-state index contributed by atoms with van der Waals surface area (Å²) >= 11 is 2.29. The molecule has 0 spiro atoms. The van der Waals surface area contributed by atoms with E-state index in [9.17, 15) is 4.79 Å². The van der Waals surface area contributed by atoms with Gasteiger partial charge in [-0.3, -0.25) is 4.79 Å². The van der Waals surface area contributed by atoms with Crippen LogP contribution in [-0.4, -0.2) is 18.7 Å². The van der Waals surface area contributed by atoms with Crippen molar-refractivity contribution in [1.82, 2.24) is 5.43 Å². The van der Waals surface area contributed by atoms with E-state index in [4.69, 9.17) is 0 Å². The second kappa shape index (κ2) is 8.82. The number of rotatable bonds is 6. The molecule has 0 aliphatic carbocycles. The molecule has 0 atom stereocenters. The van der Waals surface area contributed by atoms with Crippen LogP contribution in [0.25, 0.3) is 0 Å². The molecule has 0 heterocycles. The van der Waals surface area contributed by atoms with Crippen molar-refractivity contribution >= 4 is 40.4 Å². The minimum absolute atomic E-state index is 0.179. The van der Waals surface area contributed by atoms with Gasteiger partial charge < -0.3 is 5.32 Å². The molecule has 4 nitrogen and oxygen atoms in total. The van der Waals surface area contributed by atoms with Crippen molar-refractivity contribution in [2.24, 2.45) is 5.10 Å². The van der Waals surface area contributed by atoms with E-state index in [0.29, 0.717) is 5.92 Å². The van der Waals surface area contributed by atoms with E-state index in [0.717, 1.165) is 11.3 Å². The minimum atomic E-state index is -0.179. The molecular weight excluding hydrogens is 413 g/mol. The quantitative estimate of drug-likeness (QED) is 0.404. The van der Waals surface area contributed by atoms with E-state index < -0.39 is 0 Å². The van der Waals surface area contributed by atoms with Crippen molar-refractivity contribution in [3.8, 4) is 0 Å². The smallest absolute Gasteiger partial charge is 0.259 e. The van der Waals surface area contributed by atoms with Gasteiger partial charge >= 0.3 is 0 Å². The maximum absolute atomic E-state index is 11.8. The number of hydrazone groups is 1. The number of anilines is 1. The second-order valence-electron chi connectivity index (χ2n) is 5.93. The molecule has 0 fully saturated rings. The van der Waals surface area contributed by atoms with Gasteiger partial charge in [-0.1, -0.05) is 38.1 Å². The molecule has 24 heavy (non-hydrogen) atoms. The molecule has 0 aromatic heterocycles. The number of hydrogen-bond donors (Lipinski definition) is 2. The van der Waals surface area contributed by atoms with Gasteiger partial charge in [0.2, 0.25) is 0 Å². The van der Waals surface area contributed by atoms with Crippen molar-refractivity contribution in [3.05, 3.63) is 62.7 Å². The number of nitrogens with one attached hydrogen (secondary N) is 2. The lowest BCUT2D eigenvalue weighted by Crippen LogP contribution is -2.25. The fraction of sp³-hybridized carbons (Fsp3) is 0.263. The third-order valence-corrected chi connectivity index (χ3v) is 4.83. The normalized spacial score (nSPS) is 11.0. The molecule has 0 aliphatic rings. The molecule has 2 rings (SSSR count). The third-order valence-electron chi connectivity index (χ3n) is 3.62. The first-order valence-electron chi connectivity index (χ1n) is 7.87. The third kappa shape index (κ3) is 5.63. The van der Waals surface area contributed by atoms with Crippen molar-refractivity contribution in [2.45, 2.75) is 26.7 Å². The van der Waals surface area contributed by atoms with Gasteiger partial charge in [0, 0.05) is 9.26 Å². The first-order valence-corrected chi connectivity index (χ1v) is 8.95. The molecule has 0 unspecified atom stereocenters. The Kier molecular flexibility index (Phi) is 6.78. The number of halogens is 1. The zero-order chi connectivity index (χ0) is 17.5. The van der Waals surface area contributed by atoms with E-state index in [1.165, 1.54) is 14.7 Å². The SMILES string of the molecule is Cc1cc(NCC(=O)NN=Cc2ccc(C(C)C)cc2)ccc1I. The molecule has 2 aromatic carbocycles. The number of benzene rings is 2. The Hall–Kier alpha value is -1.89. The number of nitrogens with zero attached hydrogens (tertiary/aromatic N) is 1. The summed E-state index contributed by atoms with van der Waals surface area (Å²) < 4.78 is 1.20. The largest absolute Gasteiger partial charge is 0.376 e. The lowest BCUT2D eigenvalue weighted by molar-refractivity contribution is -0.119. The number of amides is 1. The number of hydrogen-bond acceptors (Lipinski definition) is 3. The van der Waals surface area contributed by atoms with Crippen molar-refractivity contribution in [2.75, 3.05) is 11.9 Å². The summed E-state index contributed by atoms with van der Waals surface area (Å²) in [6, 6.07) is 14.2. The van der Waals surface area contributed by atoms with Crippen molar-refractivity contribution in [3.63, 3.8) is 0 Å². The van der Waals surface area contributed by atoms with Gasteiger partial charge in [0.25, 0.3) is 5.91 Å². The summed E-state index contributed by atoms with van der Waals surface area (Å²) in [6.07, 6.45) is 1.65. The molecular formula is C19H22IN3O. The van der Waals surface area contributed by atoms with Crippen LogP contribution in [0.5, 0.6) is 0 Å². The summed E-state index contributed by atoms with van der Waals surface area (Å²) in [4.78, 5) is 11.8. The molecule has 0 radical (unpaired) electrons. The number of aryl methyl sites for hydroxylation is 1. The Morgan fingerprint density at radius 3 is 2.54 bits per heavy atom. The summed E-state index contributed by atoms with van der Waals surface area (Å²) in [6.45, 7) is 6.54. The van der Waals surface area contributed by atoms with E-state index in [1.807, 2.05) is 37.3 Å². The van der Waals surface area contributed by atoms with Crippen LogP contribution in [0, 0.1) is 10.5 Å². The molecule has 126 valence electrons. The first kappa shape index (κ1) is 18.4. The lowest BCUT2D eigenvalue weighted by atomic mass is 10.0. The average molecular weight is 435 g/mol. The van der Waals surface area contributed by atoms with Crippen molar-refractivity contribution < 1.29 is 4.79 Å². The summed E-state index contributed by atoms with van der Waals surface area (Å²) in [5.41, 5.74) is 6.89. The zero-order valence-corrected chi connectivity index (χ0v) is 16.3. The van der Waals surface area contributed by atoms with Crippen LogP contribution < -0.4 is 10.7 Å².